The summed E-state index contributed by atoms with van der Waals surface area (Å²) in [4.78, 5) is 21.9. The maximum absolute atomic E-state index is 13.8. The number of benzene rings is 3. The molecule has 9 heteroatoms. The maximum atomic E-state index is 13.8. The summed E-state index contributed by atoms with van der Waals surface area (Å²) in [6, 6.07) is 29.3. The van der Waals surface area contributed by atoms with E-state index in [2.05, 4.69) is 91.0 Å². The minimum absolute atomic E-state index is 0.110. The lowest BCUT2D eigenvalue weighted by molar-refractivity contribution is 0.0850. The van der Waals surface area contributed by atoms with Gasteiger partial charge in [0.25, 0.3) is 5.56 Å². The molecule has 1 saturated carbocycles. The summed E-state index contributed by atoms with van der Waals surface area (Å²) in [7, 11) is 0. The molecule has 1 atom stereocenters. The van der Waals surface area contributed by atoms with Gasteiger partial charge in [-0.05, 0) is 65.6 Å². The van der Waals surface area contributed by atoms with Gasteiger partial charge in [0.2, 0.25) is 0 Å². The number of hydrogen-bond donors (Lipinski definition) is 1. The Balaban J connectivity index is 1.25. The van der Waals surface area contributed by atoms with Gasteiger partial charge >= 0.3 is 0 Å². The normalized spacial score (nSPS) is 17.4. The van der Waals surface area contributed by atoms with Crippen LogP contribution in [0.3, 0.4) is 0 Å². The van der Waals surface area contributed by atoms with Gasteiger partial charge in [-0.3, -0.25) is 14.6 Å². The first-order valence-corrected chi connectivity index (χ1v) is 15.8. The second-order valence-electron chi connectivity index (χ2n) is 11.9. The van der Waals surface area contributed by atoms with Crippen LogP contribution in [0.2, 0.25) is 0 Å². The Hall–Kier alpha value is -4.34. The van der Waals surface area contributed by atoms with Crippen molar-refractivity contribution in [3.05, 3.63) is 118 Å². The summed E-state index contributed by atoms with van der Waals surface area (Å²) in [5.41, 5.74) is 3.91. The average Bonchev–Trinajstić information content (AvgIpc) is 3.77. The van der Waals surface area contributed by atoms with Gasteiger partial charge in [0.1, 0.15) is 11.8 Å². The van der Waals surface area contributed by atoms with Gasteiger partial charge in [-0.1, -0.05) is 73.5 Å². The predicted molar refractivity (Wildman–Crippen MR) is 171 cm³/mol. The van der Waals surface area contributed by atoms with Crippen molar-refractivity contribution in [2.75, 3.05) is 32.8 Å². The van der Waals surface area contributed by atoms with Gasteiger partial charge < -0.3 is 9.72 Å². The van der Waals surface area contributed by atoms with E-state index in [0.717, 1.165) is 61.5 Å². The van der Waals surface area contributed by atoms with Crippen LogP contribution in [0.5, 0.6) is 5.75 Å². The molecule has 1 aliphatic heterocycles. The largest absolute Gasteiger partial charge is 0.494 e. The summed E-state index contributed by atoms with van der Waals surface area (Å²) in [6.45, 7) is 5.79. The number of nitrogens with one attached hydrogen (secondary N) is 1. The minimum atomic E-state index is -0.372. The SMILES string of the molecule is CCOc1ccc2[nH]c(=O)c([C@H](c3nnnn3C3CCCC3)N3CCN(C(c4ccccc4)c4ccccc4)CC3)cc2c1. The highest BCUT2D eigenvalue weighted by Gasteiger charge is 2.36. The molecule has 1 saturated heterocycles. The van der Waals surface area contributed by atoms with Gasteiger partial charge in [0.15, 0.2) is 5.82 Å². The van der Waals surface area contributed by atoms with Crippen LogP contribution in [0.1, 0.15) is 73.2 Å². The summed E-state index contributed by atoms with van der Waals surface area (Å²) in [5, 5.41) is 14.2. The fraction of sp³-hybridized carbons (Fsp3) is 0.371. The highest BCUT2D eigenvalue weighted by molar-refractivity contribution is 5.80. The molecule has 3 aromatic carbocycles. The Morgan fingerprint density at radius 3 is 2.11 bits per heavy atom. The molecule has 1 aliphatic carbocycles. The first-order valence-electron chi connectivity index (χ1n) is 15.8. The van der Waals surface area contributed by atoms with Crippen LogP contribution < -0.4 is 10.3 Å². The molecule has 44 heavy (non-hydrogen) atoms. The van der Waals surface area contributed by atoms with Gasteiger partial charge in [-0.2, -0.15) is 0 Å². The smallest absolute Gasteiger partial charge is 0.253 e. The van der Waals surface area contributed by atoms with E-state index < -0.39 is 0 Å². The second-order valence-corrected chi connectivity index (χ2v) is 11.9. The monoisotopic (exact) mass is 589 g/mol. The fourth-order valence-corrected chi connectivity index (χ4v) is 7.09. The summed E-state index contributed by atoms with van der Waals surface area (Å²) in [5.74, 6) is 1.53. The number of piperazine rings is 1. The Morgan fingerprint density at radius 1 is 0.841 bits per heavy atom. The summed E-state index contributed by atoms with van der Waals surface area (Å²) in [6.07, 6.45) is 4.45. The fourth-order valence-electron chi connectivity index (χ4n) is 7.09. The van der Waals surface area contributed by atoms with Crippen molar-refractivity contribution in [2.45, 2.75) is 50.7 Å². The lowest BCUT2D eigenvalue weighted by Crippen LogP contribution is -2.50. The lowest BCUT2D eigenvalue weighted by atomic mass is 9.96. The molecular weight excluding hydrogens is 550 g/mol. The molecule has 0 amide bonds. The van der Waals surface area contributed by atoms with Gasteiger partial charge in [-0.15, -0.1) is 5.10 Å². The van der Waals surface area contributed by atoms with E-state index in [1.54, 1.807) is 0 Å². The summed E-state index contributed by atoms with van der Waals surface area (Å²) >= 11 is 0. The third-order valence-electron chi connectivity index (χ3n) is 9.19. The summed E-state index contributed by atoms with van der Waals surface area (Å²) < 4.78 is 7.78. The molecule has 1 N–H and O–H groups in total. The van der Waals surface area contributed by atoms with Crippen molar-refractivity contribution in [1.29, 1.82) is 0 Å². The van der Waals surface area contributed by atoms with Crippen molar-refractivity contribution in [3.63, 3.8) is 0 Å². The van der Waals surface area contributed by atoms with Crippen LogP contribution in [0.4, 0.5) is 0 Å². The molecule has 0 radical (unpaired) electrons. The van der Waals surface area contributed by atoms with Crippen LogP contribution in [0.25, 0.3) is 10.9 Å². The van der Waals surface area contributed by atoms with Gasteiger partial charge in [0.05, 0.1) is 18.7 Å². The zero-order valence-corrected chi connectivity index (χ0v) is 25.2. The molecule has 0 spiro atoms. The van der Waals surface area contributed by atoms with E-state index in [1.807, 2.05) is 35.9 Å². The van der Waals surface area contributed by atoms with Crippen molar-refractivity contribution in [2.24, 2.45) is 0 Å². The standard InChI is InChI=1S/C35H39N7O2/c1-2-44-29-17-18-31-27(23-29)24-30(35(43)36-31)33(34-37-38-39-42(34)28-15-9-10-16-28)41-21-19-40(20-22-41)32(25-11-5-3-6-12-25)26-13-7-4-8-14-26/h3-8,11-14,17-18,23-24,28,32-33H,2,9-10,15-16,19-22H2,1H3,(H,36,43)/t33-/m1/s1. The van der Waals surface area contributed by atoms with E-state index >= 15 is 0 Å². The third-order valence-corrected chi connectivity index (χ3v) is 9.19. The second kappa shape index (κ2) is 12.7. The Bertz CT molecular complexity index is 1700. The minimum Gasteiger partial charge on any atom is -0.494 e. The quantitative estimate of drug-likeness (QED) is 0.242. The number of aromatic amines is 1. The number of rotatable bonds is 9. The molecule has 2 aliphatic rings. The highest BCUT2D eigenvalue weighted by Crippen LogP contribution is 2.36. The first kappa shape index (κ1) is 28.4. The molecule has 5 aromatic rings. The molecule has 2 aromatic heterocycles. The molecule has 7 rings (SSSR count). The zero-order valence-electron chi connectivity index (χ0n) is 25.2. The van der Waals surface area contributed by atoms with Gasteiger partial charge in [0, 0.05) is 42.6 Å². The Kier molecular flexibility index (Phi) is 8.22. The number of aromatic nitrogens is 5. The van der Waals surface area contributed by atoms with Crippen LogP contribution >= 0.6 is 0 Å². The molecular formula is C35H39N7O2. The number of nitrogens with zero attached hydrogens (tertiary/aromatic N) is 6. The molecule has 0 unspecified atom stereocenters. The molecule has 2 fully saturated rings. The molecule has 3 heterocycles. The van der Waals surface area contributed by atoms with E-state index in [0.29, 0.717) is 12.2 Å². The van der Waals surface area contributed by atoms with Crippen molar-refractivity contribution >= 4 is 10.9 Å². The highest BCUT2D eigenvalue weighted by atomic mass is 16.5. The van der Waals surface area contributed by atoms with Gasteiger partial charge in [-0.25, -0.2) is 4.68 Å². The number of H-pyrrole nitrogens is 1. The molecule has 9 nitrogen and oxygen atoms in total. The average molecular weight is 590 g/mol. The predicted octanol–water partition coefficient (Wildman–Crippen LogP) is 5.53. The number of fused-ring (bicyclic) bond motifs is 1. The first-order chi connectivity index (χ1) is 21.7. The van der Waals surface area contributed by atoms with Crippen LogP contribution in [0, 0.1) is 0 Å². The number of pyridine rings is 1. The van der Waals surface area contributed by atoms with Crippen LogP contribution in [0.15, 0.2) is 89.7 Å². The number of ether oxygens (including phenoxy) is 1. The van der Waals surface area contributed by atoms with Crippen molar-refractivity contribution in [1.82, 2.24) is 35.0 Å². The third kappa shape index (κ3) is 5.65. The lowest BCUT2D eigenvalue weighted by Gasteiger charge is -2.42. The van der Waals surface area contributed by atoms with Crippen LogP contribution in [-0.4, -0.2) is 67.8 Å². The van der Waals surface area contributed by atoms with Crippen molar-refractivity contribution in [3.8, 4) is 5.75 Å². The van der Waals surface area contributed by atoms with Crippen molar-refractivity contribution < 1.29 is 4.74 Å². The maximum Gasteiger partial charge on any atom is 0.253 e. The number of tetrazole rings is 1. The molecule has 226 valence electrons. The van der Waals surface area contributed by atoms with E-state index in [9.17, 15) is 4.79 Å². The molecule has 0 bridgehead atoms. The van der Waals surface area contributed by atoms with Crippen LogP contribution in [-0.2, 0) is 0 Å². The Morgan fingerprint density at radius 2 is 1.48 bits per heavy atom. The zero-order chi connectivity index (χ0) is 29.9. The topological polar surface area (TPSA) is 92.2 Å². The van der Waals surface area contributed by atoms with E-state index in [4.69, 9.17) is 4.74 Å². The Labute approximate surface area is 257 Å². The van der Waals surface area contributed by atoms with E-state index in [-0.39, 0.29) is 23.7 Å². The number of hydrogen-bond acceptors (Lipinski definition) is 7. The van der Waals surface area contributed by atoms with E-state index in [1.165, 1.54) is 24.0 Å².